The molecule has 6 nitrogen and oxygen atoms in total. The van der Waals surface area contributed by atoms with Gasteiger partial charge in [0.25, 0.3) is 0 Å². The van der Waals surface area contributed by atoms with Crippen molar-refractivity contribution in [3.63, 3.8) is 0 Å². The molecule has 0 fully saturated rings. The minimum absolute atomic E-state index is 0.0332. The van der Waals surface area contributed by atoms with E-state index < -0.39 is 44.6 Å². The number of rotatable bonds is 8. The summed E-state index contributed by atoms with van der Waals surface area (Å²) in [7, 11) is -4.59. The molecule has 1 amide bonds. The van der Waals surface area contributed by atoms with Crippen molar-refractivity contribution in [1.82, 2.24) is 10.0 Å². The van der Waals surface area contributed by atoms with E-state index in [-0.39, 0.29) is 6.10 Å². The van der Waals surface area contributed by atoms with Crippen LogP contribution >= 0.6 is 0 Å². The third-order valence-electron chi connectivity index (χ3n) is 4.30. The molecule has 2 aromatic carbocycles. The maximum Gasteiger partial charge on any atom is 0.417 e. The summed E-state index contributed by atoms with van der Waals surface area (Å²) in [4.78, 5) is 11.6. The first kappa shape index (κ1) is 24.7. The second-order valence-corrected chi connectivity index (χ2v) is 8.99. The number of hydrogen-bond donors (Lipinski definition) is 2. The molecule has 170 valence electrons. The van der Waals surface area contributed by atoms with Crippen molar-refractivity contribution in [3.05, 3.63) is 59.7 Å². The highest BCUT2D eigenvalue weighted by Gasteiger charge is 2.37. The van der Waals surface area contributed by atoms with E-state index in [1.807, 2.05) is 18.6 Å². The van der Waals surface area contributed by atoms with Crippen molar-refractivity contribution in [1.29, 1.82) is 0 Å². The van der Waals surface area contributed by atoms with Crippen molar-refractivity contribution >= 4 is 15.9 Å². The van der Waals surface area contributed by atoms with E-state index in [0.717, 1.165) is 17.7 Å². The molecule has 2 aromatic rings. The van der Waals surface area contributed by atoms with Crippen LogP contribution in [0.2, 0.25) is 0 Å². The molecule has 0 aromatic heterocycles. The summed E-state index contributed by atoms with van der Waals surface area (Å²) in [5.41, 5.74) is -0.575. The minimum Gasteiger partial charge on any atom is -0.491 e. The van der Waals surface area contributed by atoms with Crippen molar-refractivity contribution in [2.24, 2.45) is 0 Å². The quantitative estimate of drug-likeness (QED) is 0.626. The topological polar surface area (TPSA) is 84.5 Å². The Bertz CT molecular complexity index is 1020. The van der Waals surface area contributed by atoms with Gasteiger partial charge in [0.15, 0.2) is 0 Å². The number of benzene rings is 2. The molecule has 0 aliphatic heterocycles. The second-order valence-electron chi connectivity index (χ2n) is 7.31. The molecule has 0 saturated carbocycles. The van der Waals surface area contributed by atoms with Crippen LogP contribution in [0.15, 0.2) is 53.4 Å². The summed E-state index contributed by atoms with van der Waals surface area (Å²) in [6.07, 6.45) is -4.89. The highest BCUT2D eigenvalue weighted by atomic mass is 32.2. The van der Waals surface area contributed by atoms with Gasteiger partial charge in [-0.25, -0.2) is 8.42 Å². The zero-order valence-corrected chi connectivity index (χ0v) is 18.3. The van der Waals surface area contributed by atoms with Crippen molar-refractivity contribution in [3.8, 4) is 5.75 Å². The van der Waals surface area contributed by atoms with Gasteiger partial charge in [0, 0.05) is 0 Å². The van der Waals surface area contributed by atoms with E-state index in [1.54, 1.807) is 31.2 Å². The van der Waals surface area contributed by atoms with E-state index >= 15 is 0 Å². The van der Waals surface area contributed by atoms with Crippen LogP contribution in [0, 0.1) is 0 Å². The molecule has 2 rings (SSSR count). The van der Waals surface area contributed by atoms with E-state index in [9.17, 15) is 26.4 Å². The van der Waals surface area contributed by atoms with Gasteiger partial charge < -0.3 is 10.1 Å². The largest absolute Gasteiger partial charge is 0.491 e. The van der Waals surface area contributed by atoms with Gasteiger partial charge in [-0.15, -0.1) is 0 Å². The molecule has 0 aliphatic rings. The fraction of sp³-hybridized carbons (Fsp3) is 0.381. The Kier molecular flexibility index (Phi) is 7.72. The van der Waals surface area contributed by atoms with Crippen LogP contribution in [0.4, 0.5) is 13.2 Å². The zero-order valence-electron chi connectivity index (χ0n) is 17.5. The van der Waals surface area contributed by atoms with Gasteiger partial charge in [0.2, 0.25) is 15.9 Å². The first-order valence-corrected chi connectivity index (χ1v) is 11.0. The van der Waals surface area contributed by atoms with Gasteiger partial charge >= 0.3 is 6.18 Å². The lowest BCUT2D eigenvalue weighted by Crippen LogP contribution is -2.45. The average Bonchev–Trinajstić information content (AvgIpc) is 2.66. The number of sulfonamides is 1. The summed E-state index contributed by atoms with van der Waals surface area (Å²) >= 11 is 0. The summed E-state index contributed by atoms with van der Waals surface area (Å²) in [6.45, 7) is 6.71. The first-order valence-electron chi connectivity index (χ1n) is 9.57. The van der Waals surface area contributed by atoms with Gasteiger partial charge in [0.05, 0.1) is 28.6 Å². The Morgan fingerprint density at radius 1 is 1.00 bits per heavy atom. The van der Waals surface area contributed by atoms with Gasteiger partial charge in [-0.2, -0.15) is 17.9 Å². The summed E-state index contributed by atoms with van der Waals surface area (Å²) < 4.78 is 72.1. The predicted octanol–water partition coefficient (Wildman–Crippen LogP) is 4.04. The fourth-order valence-electron chi connectivity index (χ4n) is 2.84. The zero-order chi connectivity index (χ0) is 23.4. The molecule has 2 N–H and O–H groups in total. The van der Waals surface area contributed by atoms with Crippen LogP contribution in [0.1, 0.15) is 44.9 Å². The Morgan fingerprint density at radius 3 is 2.26 bits per heavy atom. The van der Waals surface area contributed by atoms with Gasteiger partial charge in [-0.05, 0) is 57.5 Å². The van der Waals surface area contributed by atoms with Gasteiger partial charge in [-0.1, -0.05) is 24.3 Å². The predicted molar refractivity (Wildman–Crippen MR) is 110 cm³/mol. The molecule has 0 radical (unpaired) electrons. The monoisotopic (exact) mass is 458 g/mol. The Balaban J connectivity index is 2.12. The van der Waals surface area contributed by atoms with Crippen molar-refractivity contribution in [2.75, 3.05) is 0 Å². The Morgan fingerprint density at radius 2 is 1.65 bits per heavy atom. The molecular weight excluding hydrogens is 433 g/mol. The minimum atomic E-state index is -4.85. The van der Waals surface area contributed by atoms with E-state index in [4.69, 9.17) is 4.74 Å². The standard InChI is InChI=1S/C21H25F3N2O4S/c1-13(2)30-17-9-7-8-16(12-17)14(3)25-20(27)15(4)26-31(28,29)19-11-6-5-10-18(19)21(22,23)24/h5-15,26H,1-4H3,(H,25,27)/t14?,15-/m0/s1. The van der Waals surface area contributed by atoms with Crippen molar-refractivity contribution in [2.45, 2.75) is 57.0 Å². The lowest BCUT2D eigenvalue weighted by Gasteiger charge is -2.20. The maximum atomic E-state index is 13.2. The number of ether oxygens (including phenoxy) is 1. The number of halogens is 3. The SMILES string of the molecule is CC(C)Oc1cccc(C(C)NC(=O)[C@H](C)NS(=O)(=O)c2ccccc2C(F)(F)F)c1. The molecule has 31 heavy (non-hydrogen) atoms. The fourth-order valence-corrected chi connectivity index (χ4v) is 4.27. The number of carbonyl (C=O) groups excluding carboxylic acids is 1. The first-order chi connectivity index (χ1) is 14.3. The van der Waals surface area contributed by atoms with Crippen LogP contribution < -0.4 is 14.8 Å². The molecular formula is C21H25F3N2O4S. The van der Waals surface area contributed by atoms with Gasteiger partial charge in [-0.3, -0.25) is 4.79 Å². The van der Waals surface area contributed by atoms with E-state index in [0.29, 0.717) is 11.8 Å². The molecule has 2 atom stereocenters. The molecule has 0 saturated heterocycles. The maximum absolute atomic E-state index is 13.2. The van der Waals surface area contributed by atoms with Crippen LogP contribution in [0.25, 0.3) is 0 Å². The highest BCUT2D eigenvalue weighted by molar-refractivity contribution is 7.89. The smallest absolute Gasteiger partial charge is 0.417 e. The normalized spacial score (nSPS) is 14.2. The summed E-state index contributed by atoms with van der Waals surface area (Å²) in [6, 6.07) is 9.06. The van der Waals surface area contributed by atoms with E-state index in [2.05, 4.69) is 5.32 Å². The van der Waals surface area contributed by atoms with Crippen molar-refractivity contribution < 1.29 is 31.1 Å². The third-order valence-corrected chi connectivity index (χ3v) is 5.89. The average molecular weight is 459 g/mol. The van der Waals surface area contributed by atoms with Crippen LogP contribution in [0.3, 0.4) is 0 Å². The summed E-state index contributed by atoms with van der Waals surface area (Å²) in [5.74, 6) is -0.0677. The number of hydrogen-bond acceptors (Lipinski definition) is 4. The Hall–Kier alpha value is -2.59. The third kappa shape index (κ3) is 6.70. The molecule has 10 heteroatoms. The molecule has 0 aliphatic carbocycles. The number of carbonyl (C=O) groups is 1. The molecule has 0 spiro atoms. The molecule has 1 unspecified atom stereocenters. The van der Waals surface area contributed by atoms with Crippen LogP contribution in [-0.4, -0.2) is 26.5 Å². The molecule has 0 bridgehead atoms. The van der Waals surface area contributed by atoms with E-state index in [1.165, 1.54) is 13.0 Å². The second kappa shape index (κ2) is 9.69. The van der Waals surface area contributed by atoms with Crippen LogP contribution in [-0.2, 0) is 21.0 Å². The highest BCUT2D eigenvalue weighted by Crippen LogP contribution is 2.34. The molecule has 0 heterocycles. The number of alkyl halides is 3. The van der Waals surface area contributed by atoms with Crippen LogP contribution in [0.5, 0.6) is 5.75 Å². The Labute approximate surface area is 179 Å². The lowest BCUT2D eigenvalue weighted by atomic mass is 10.1. The summed E-state index contributed by atoms with van der Waals surface area (Å²) in [5, 5.41) is 2.65. The number of nitrogens with one attached hydrogen (secondary N) is 2. The lowest BCUT2D eigenvalue weighted by molar-refractivity contribution is -0.139. The van der Waals surface area contributed by atoms with Gasteiger partial charge in [0.1, 0.15) is 5.75 Å². The number of amides is 1.